The van der Waals surface area contributed by atoms with Gasteiger partial charge in [-0.1, -0.05) is 13.3 Å². The zero-order valence-electron chi connectivity index (χ0n) is 18.9. The number of aryl methyl sites for hydroxylation is 3. The lowest BCUT2D eigenvalue weighted by molar-refractivity contribution is -0.114. The Hall–Kier alpha value is -3.21. The molecule has 0 unspecified atom stereocenters. The van der Waals surface area contributed by atoms with Gasteiger partial charge in [0, 0.05) is 25.4 Å². The molecular formula is C22H27N5O5S. The van der Waals surface area contributed by atoms with Crippen LogP contribution in [-0.4, -0.2) is 31.0 Å². The maximum atomic E-state index is 13.1. The smallest absolute Gasteiger partial charge is 0.341 e. The number of unbranched alkanes of at least 4 members (excludes halogenated alkanes) is 1. The Balaban J connectivity index is 1.65. The third-order valence-corrected chi connectivity index (χ3v) is 7.05. The van der Waals surface area contributed by atoms with Gasteiger partial charge in [0.1, 0.15) is 17.4 Å². The number of aromatic nitrogens is 4. The number of amides is 1. The predicted octanol–water partition coefficient (Wildman–Crippen LogP) is 2.48. The van der Waals surface area contributed by atoms with Crippen molar-refractivity contribution in [2.24, 2.45) is 7.05 Å². The van der Waals surface area contributed by atoms with Crippen LogP contribution in [0.3, 0.4) is 0 Å². The molecule has 11 heteroatoms. The van der Waals surface area contributed by atoms with Crippen LogP contribution in [0.4, 0.5) is 5.00 Å². The highest BCUT2D eigenvalue weighted by Crippen LogP contribution is 2.38. The van der Waals surface area contributed by atoms with E-state index in [-0.39, 0.29) is 23.7 Å². The van der Waals surface area contributed by atoms with Crippen molar-refractivity contribution >= 4 is 39.4 Å². The minimum Gasteiger partial charge on any atom is -0.454 e. The SMILES string of the molecule is CCCCn1c(=O)[nH]c(=O)c2c1nc(COC(=O)c1c(NC(C)=O)sc3c1CCCC3)n2C. The Morgan fingerprint density at radius 3 is 2.73 bits per heavy atom. The Morgan fingerprint density at radius 2 is 2.00 bits per heavy atom. The molecule has 0 radical (unpaired) electrons. The van der Waals surface area contributed by atoms with Gasteiger partial charge in [-0.25, -0.2) is 14.6 Å². The fourth-order valence-electron chi connectivity index (χ4n) is 4.18. The molecule has 0 aromatic carbocycles. The number of ether oxygens (including phenoxy) is 1. The molecule has 0 bridgehead atoms. The fourth-order valence-corrected chi connectivity index (χ4v) is 5.50. The first-order chi connectivity index (χ1) is 15.8. The van der Waals surface area contributed by atoms with E-state index < -0.39 is 17.2 Å². The maximum absolute atomic E-state index is 13.1. The van der Waals surface area contributed by atoms with Crippen molar-refractivity contribution in [3.05, 3.63) is 42.7 Å². The largest absolute Gasteiger partial charge is 0.454 e. The van der Waals surface area contributed by atoms with Crippen LogP contribution in [0.15, 0.2) is 9.59 Å². The van der Waals surface area contributed by atoms with Gasteiger partial charge in [-0.05, 0) is 37.7 Å². The van der Waals surface area contributed by atoms with Crippen LogP contribution >= 0.6 is 11.3 Å². The van der Waals surface area contributed by atoms with E-state index in [1.54, 1.807) is 11.6 Å². The number of H-pyrrole nitrogens is 1. The Kier molecular flexibility index (Phi) is 6.50. The number of nitrogens with zero attached hydrogens (tertiary/aromatic N) is 3. The number of anilines is 1. The van der Waals surface area contributed by atoms with Crippen molar-refractivity contribution < 1.29 is 14.3 Å². The van der Waals surface area contributed by atoms with Crippen LogP contribution in [0.5, 0.6) is 0 Å². The summed E-state index contributed by atoms with van der Waals surface area (Å²) in [5.74, 6) is -0.436. The van der Waals surface area contributed by atoms with Gasteiger partial charge < -0.3 is 14.6 Å². The van der Waals surface area contributed by atoms with Gasteiger partial charge in [-0.15, -0.1) is 11.3 Å². The van der Waals surface area contributed by atoms with E-state index in [2.05, 4.69) is 15.3 Å². The molecule has 10 nitrogen and oxygen atoms in total. The van der Waals surface area contributed by atoms with Crippen LogP contribution < -0.4 is 16.6 Å². The molecule has 0 aliphatic heterocycles. The van der Waals surface area contributed by atoms with E-state index in [0.717, 1.165) is 49.0 Å². The van der Waals surface area contributed by atoms with E-state index >= 15 is 0 Å². The lowest BCUT2D eigenvalue weighted by Gasteiger charge is -2.12. The molecule has 33 heavy (non-hydrogen) atoms. The van der Waals surface area contributed by atoms with Crippen LogP contribution in [-0.2, 0) is 42.6 Å². The first kappa shape index (κ1) is 23.0. The molecule has 3 aromatic rings. The van der Waals surface area contributed by atoms with Crippen LogP contribution in [0.1, 0.15) is 66.2 Å². The fraction of sp³-hybridized carbons (Fsp3) is 0.500. The number of thiophene rings is 1. The topological polar surface area (TPSA) is 128 Å². The van der Waals surface area contributed by atoms with Crippen molar-refractivity contribution in [2.75, 3.05) is 5.32 Å². The number of imidazole rings is 1. The highest BCUT2D eigenvalue weighted by Gasteiger charge is 2.27. The molecule has 4 rings (SSSR count). The summed E-state index contributed by atoms with van der Waals surface area (Å²) in [6.45, 7) is 3.67. The molecular weight excluding hydrogens is 446 g/mol. The van der Waals surface area contributed by atoms with E-state index in [4.69, 9.17) is 4.74 Å². The molecule has 0 saturated carbocycles. The number of esters is 1. The van der Waals surface area contributed by atoms with Crippen molar-refractivity contribution in [3.8, 4) is 0 Å². The second-order valence-corrected chi connectivity index (χ2v) is 9.30. The maximum Gasteiger partial charge on any atom is 0.341 e. The molecule has 0 spiro atoms. The number of carbonyl (C=O) groups is 2. The molecule has 3 aromatic heterocycles. The number of hydrogen-bond donors (Lipinski definition) is 2. The molecule has 2 N–H and O–H groups in total. The number of hydrogen-bond acceptors (Lipinski definition) is 7. The van der Waals surface area contributed by atoms with Crippen LogP contribution in [0.2, 0.25) is 0 Å². The molecule has 3 heterocycles. The number of carbonyl (C=O) groups excluding carboxylic acids is 2. The number of rotatable bonds is 7. The molecule has 1 amide bonds. The third-order valence-electron chi connectivity index (χ3n) is 5.84. The van der Waals surface area contributed by atoms with Gasteiger partial charge in [0.05, 0.1) is 5.56 Å². The van der Waals surface area contributed by atoms with Crippen LogP contribution in [0.25, 0.3) is 11.2 Å². The summed E-state index contributed by atoms with van der Waals surface area (Å²) in [5, 5.41) is 3.27. The molecule has 1 aliphatic carbocycles. The molecule has 1 aliphatic rings. The zero-order valence-corrected chi connectivity index (χ0v) is 19.8. The Labute approximate surface area is 193 Å². The Bertz CT molecular complexity index is 1350. The zero-order chi connectivity index (χ0) is 23.7. The van der Waals surface area contributed by atoms with Gasteiger partial charge in [-0.3, -0.25) is 19.1 Å². The third kappa shape index (κ3) is 4.37. The summed E-state index contributed by atoms with van der Waals surface area (Å²) in [6, 6.07) is 0. The minimum absolute atomic E-state index is 0.171. The van der Waals surface area contributed by atoms with E-state index in [9.17, 15) is 19.2 Å². The average molecular weight is 474 g/mol. The summed E-state index contributed by atoms with van der Waals surface area (Å²) in [6.07, 6.45) is 5.31. The standard InChI is InChI=1S/C22H27N5O5S/c1-4-5-10-27-18-17(19(29)25-22(27)31)26(3)15(24-18)11-32-21(30)16-13-8-6-7-9-14(13)33-20(16)23-12(2)28/h4-11H2,1-3H3,(H,23,28)(H,25,29,31). The van der Waals surface area contributed by atoms with Crippen LogP contribution in [0, 0.1) is 0 Å². The molecule has 176 valence electrons. The average Bonchev–Trinajstić information content (AvgIpc) is 3.28. The van der Waals surface area contributed by atoms with E-state index in [1.807, 2.05) is 6.92 Å². The first-order valence-electron chi connectivity index (χ1n) is 11.1. The minimum atomic E-state index is -0.539. The second kappa shape index (κ2) is 9.34. The van der Waals surface area contributed by atoms with Gasteiger partial charge in [0.15, 0.2) is 11.2 Å². The Morgan fingerprint density at radius 1 is 1.24 bits per heavy atom. The monoisotopic (exact) mass is 473 g/mol. The van der Waals surface area contributed by atoms with Crippen molar-refractivity contribution in [1.82, 2.24) is 19.1 Å². The predicted molar refractivity (Wildman–Crippen MR) is 125 cm³/mol. The number of nitrogens with one attached hydrogen (secondary N) is 2. The van der Waals surface area contributed by atoms with Crippen molar-refractivity contribution in [2.45, 2.75) is 65.5 Å². The van der Waals surface area contributed by atoms with Crippen molar-refractivity contribution in [3.63, 3.8) is 0 Å². The quantitative estimate of drug-likeness (QED) is 0.508. The summed E-state index contributed by atoms with van der Waals surface area (Å²) < 4.78 is 8.58. The second-order valence-electron chi connectivity index (χ2n) is 8.20. The highest BCUT2D eigenvalue weighted by molar-refractivity contribution is 7.17. The summed E-state index contributed by atoms with van der Waals surface area (Å²) in [4.78, 5) is 57.4. The number of fused-ring (bicyclic) bond motifs is 2. The van der Waals surface area contributed by atoms with Gasteiger partial charge in [-0.2, -0.15) is 0 Å². The van der Waals surface area contributed by atoms with Gasteiger partial charge in [0.2, 0.25) is 5.91 Å². The van der Waals surface area contributed by atoms with Gasteiger partial charge in [0.25, 0.3) is 5.56 Å². The highest BCUT2D eigenvalue weighted by atomic mass is 32.1. The van der Waals surface area contributed by atoms with Crippen molar-refractivity contribution in [1.29, 1.82) is 0 Å². The lowest BCUT2D eigenvalue weighted by Crippen LogP contribution is -2.31. The van der Waals surface area contributed by atoms with Gasteiger partial charge >= 0.3 is 11.7 Å². The molecule has 0 saturated heterocycles. The first-order valence-corrected chi connectivity index (χ1v) is 11.9. The number of aromatic amines is 1. The van der Waals surface area contributed by atoms with E-state index in [1.165, 1.54) is 22.8 Å². The molecule has 0 atom stereocenters. The van der Waals surface area contributed by atoms with E-state index in [0.29, 0.717) is 22.9 Å². The molecule has 0 fully saturated rings. The lowest BCUT2D eigenvalue weighted by atomic mass is 9.95. The normalized spacial score (nSPS) is 13.2. The summed E-state index contributed by atoms with van der Waals surface area (Å²) in [7, 11) is 1.65. The summed E-state index contributed by atoms with van der Waals surface area (Å²) >= 11 is 1.42. The summed E-state index contributed by atoms with van der Waals surface area (Å²) in [5.41, 5.74) is 0.833.